The smallest absolute Gasteiger partial charge is 0.0318 e. The monoisotopic (exact) mass is 298 g/mol. The molecule has 0 N–H and O–H groups in total. The van der Waals surface area contributed by atoms with Gasteiger partial charge < -0.3 is 0 Å². The highest BCUT2D eigenvalue weighted by molar-refractivity contribution is 5.11. The lowest BCUT2D eigenvalue weighted by molar-refractivity contribution is -0.110. The van der Waals surface area contributed by atoms with Crippen molar-refractivity contribution < 1.29 is 0 Å². The summed E-state index contributed by atoms with van der Waals surface area (Å²) >= 11 is 0. The molecule has 10 atom stereocenters. The predicted molar refractivity (Wildman–Crippen MR) is 90.3 cm³/mol. The molecule has 0 bridgehead atoms. The molecule has 0 heteroatoms. The van der Waals surface area contributed by atoms with Gasteiger partial charge in [-0.1, -0.05) is 32.1 Å². The molecule has 0 aromatic rings. The van der Waals surface area contributed by atoms with Crippen molar-refractivity contribution in [2.45, 2.75) is 77.0 Å². The van der Waals surface area contributed by atoms with Crippen molar-refractivity contribution in [2.75, 3.05) is 0 Å². The van der Waals surface area contributed by atoms with Crippen LogP contribution in [0.15, 0.2) is 0 Å². The van der Waals surface area contributed by atoms with Gasteiger partial charge in [-0.15, -0.1) is 0 Å². The van der Waals surface area contributed by atoms with E-state index >= 15 is 0 Å². The van der Waals surface area contributed by atoms with E-state index in [-0.39, 0.29) is 0 Å². The van der Waals surface area contributed by atoms with Crippen LogP contribution in [0.1, 0.15) is 77.0 Å². The summed E-state index contributed by atoms with van der Waals surface area (Å²) in [6, 6.07) is 0. The summed E-state index contributed by atoms with van der Waals surface area (Å²) in [5.41, 5.74) is 0. The van der Waals surface area contributed by atoms with Crippen molar-refractivity contribution in [1.29, 1.82) is 0 Å². The van der Waals surface area contributed by atoms with E-state index in [4.69, 9.17) is 0 Å². The van der Waals surface area contributed by atoms with Crippen LogP contribution in [-0.2, 0) is 0 Å². The fraction of sp³-hybridized carbons (Fsp3) is 1.00. The minimum absolute atomic E-state index is 1.17. The fourth-order valence-electron chi connectivity index (χ4n) is 9.70. The van der Waals surface area contributed by atoms with Crippen molar-refractivity contribution in [1.82, 2.24) is 0 Å². The van der Waals surface area contributed by atoms with Gasteiger partial charge in [0.2, 0.25) is 0 Å². The van der Waals surface area contributed by atoms with Crippen LogP contribution in [0.3, 0.4) is 0 Å². The van der Waals surface area contributed by atoms with Crippen molar-refractivity contribution in [3.63, 3.8) is 0 Å². The molecule has 6 fully saturated rings. The van der Waals surface area contributed by atoms with E-state index in [1.807, 2.05) is 0 Å². The molecule has 0 heterocycles. The summed E-state index contributed by atoms with van der Waals surface area (Å²) in [6.07, 6.45) is 19.4. The van der Waals surface area contributed by atoms with Crippen LogP contribution in [0.4, 0.5) is 0 Å². The van der Waals surface area contributed by atoms with Gasteiger partial charge in [-0.3, -0.25) is 0 Å². The highest BCUT2D eigenvalue weighted by Crippen LogP contribution is 2.69. The van der Waals surface area contributed by atoms with Gasteiger partial charge in [-0.05, 0) is 104 Å². The van der Waals surface area contributed by atoms with Gasteiger partial charge >= 0.3 is 0 Å². The van der Waals surface area contributed by atoms with Crippen molar-refractivity contribution in [3.8, 4) is 0 Å². The molecule has 0 nitrogen and oxygen atoms in total. The van der Waals surface area contributed by atoms with Gasteiger partial charge in [-0.25, -0.2) is 0 Å². The lowest BCUT2D eigenvalue weighted by Gasteiger charge is -2.60. The van der Waals surface area contributed by atoms with Crippen molar-refractivity contribution >= 4 is 0 Å². The molecule has 6 aliphatic rings. The van der Waals surface area contributed by atoms with Gasteiger partial charge in [-0.2, -0.15) is 0 Å². The SMILES string of the molecule is C1CC2CCC3CCC4C5CCCCC5C5CC(C1)C2C3C45. The van der Waals surface area contributed by atoms with Crippen LogP contribution in [-0.4, -0.2) is 0 Å². The first-order valence-corrected chi connectivity index (χ1v) is 10.9. The Bertz CT molecular complexity index is 453. The highest BCUT2D eigenvalue weighted by atomic mass is 14.7. The summed E-state index contributed by atoms with van der Waals surface area (Å²) in [5.74, 6) is 11.9. The zero-order chi connectivity index (χ0) is 14.3. The number of rotatable bonds is 0. The highest BCUT2D eigenvalue weighted by Gasteiger charge is 2.62. The van der Waals surface area contributed by atoms with Crippen LogP contribution in [0, 0.1) is 59.2 Å². The number of hydrogen-bond donors (Lipinski definition) is 0. The largest absolute Gasteiger partial charge is 0.0530 e. The molecule has 0 saturated heterocycles. The van der Waals surface area contributed by atoms with E-state index in [1.165, 1.54) is 59.2 Å². The Morgan fingerprint density at radius 3 is 1.91 bits per heavy atom. The molecule has 0 amide bonds. The first-order valence-electron chi connectivity index (χ1n) is 10.9. The van der Waals surface area contributed by atoms with Crippen molar-refractivity contribution in [2.24, 2.45) is 59.2 Å². The van der Waals surface area contributed by atoms with Gasteiger partial charge in [0, 0.05) is 0 Å². The maximum Gasteiger partial charge on any atom is -0.0318 e. The molecule has 0 radical (unpaired) electrons. The zero-order valence-corrected chi connectivity index (χ0v) is 14.3. The normalized spacial score (nSPS) is 62.2. The van der Waals surface area contributed by atoms with E-state index in [0.29, 0.717) is 0 Å². The first kappa shape index (κ1) is 13.3. The predicted octanol–water partition coefficient (Wildman–Crippen LogP) is 5.91. The second-order valence-electron chi connectivity index (χ2n) is 10.3. The lowest BCUT2D eigenvalue weighted by Crippen LogP contribution is -2.53. The Hall–Kier alpha value is 0. The van der Waals surface area contributed by atoms with Gasteiger partial charge in [0.15, 0.2) is 0 Å². The average Bonchev–Trinajstić information content (AvgIpc) is 2.90. The van der Waals surface area contributed by atoms with E-state index in [0.717, 1.165) is 0 Å². The van der Waals surface area contributed by atoms with E-state index in [2.05, 4.69) is 0 Å². The maximum absolute atomic E-state index is 1.69. The van der Waals surface area contributed by atoms with Crippen LogP contribution in [0.2, 0.25) is 0 Å². The first-order chi connectivity index (χ1) is 10.9. The summed E-state index contributed by atoms with van der Waals surface area (Å²) in [5, 5.41) is 0. The minimum atomic E-state index is 1.17. The van der Waals surface area contributed by atoms with Crippen LogP contribution in [0.5, 0.6) is 0 Å². The third-order valence-electron chi connectivity index (χ3n) is 9.99. The molecule has 0 spiro atoms. The molecule has 10 unspecified atom stereocenters. The minimum Gasteiger partial charge on any atom is -0.0530 e. The molecule has 0 aliphatic heterocycles. The molecule has 22 heavy (non-hydrogen) atoms. The Labute approximate surface area is 136 Å². The van der Waals surface area contributed by atoms with E-state index in [9.17, 15) is 0 Å². The molecule has 122 valence electrons. The fourth-order valence-corrected chi connectivity index (χ4v) is 9.70. The van der Waals surface area contributed by atoms with Crippen LogP contribution in [0.25, 0.3) is 0 Å². The number of hydrogen-bond acceptors (Lipinski definition) is 0. The Balaban J connectivity index is 1.43. The molecule has 0 aromatic heterocycles. The van der Waals surface area contributed by atoms with Crippen molar-refractivity contribution in [3.05, 3.63) is 0 Å². The summed E-state index contributed by atoms with van der Waals surface area (Å²) in [7, 11) is 0. The van der Waals surface area contributed by atoms with E-state index < -0.39 is 0 Å². The second kappa shape index (κ2) is 4.76. The second-order valence-corrected chi connectivity index (χ2v) is 10.3. The number of fused-ring (bicyclic) bond motifs is 3. The maximum atomic E-state index is 1.69. The van der Waals surface area contributed by atoms with Gasteiger partial charge in [0.05, 0.1) is 0 Å². The van der Waals surface area contributed by atoms with Gasteiger partial charge in [0.1, 0.15) is 0 Å². The molecule has 6 rings (SSSR count). The molecular weight excluding hydrogens is 264 g/mol. The third-order valence-corrected chi connectivity index (χ3v) is 9.99. The summed E-state index contributed by atoms with van der Waals surface area (Å²) in [6.45, 7) is 0. The topological polar surface area (TPSA) is 0 Å². The summed E-state index contributed by atoms with van der Waals surface area (Å²) < 4.78 is 0. The van der Waals surface area contributed by atoms with Gasteiger partial charge in [0.25, 0.3) is 0 Å². The molecule has 0 aromatic carbocycles. The van der Waals surface area contributed by atoms with Crippen LogP contribution < -0.4 is 0 Å². The Kier molecular flexibility index (Phi) is 2.88. The summed E-state index contributed by atoms with van der Waals surface area (Å²) in [4.78, 5) is 0. The standard InChI is InChI=1S/C22H34/c1-2-7-17-16(6-1)18-11-10-14-9-8-13-4-3-5-15-12-19(17)22(18)21(14)20(13)15/h13-22H,1-12H2. The molecular formula is C22H34. The average molecular weight is 299 g/mol. The Morgan fingerprint density at radius 1 is 0.364 bits per heavy atom. The molecule has 6 aliphatic carbocycles. The zero-order valence-electron chi connectivity index (χ0n) is 14.3. The molecule has 6 saturated carbocycles. The lowest BCUT2D eigenvalue weighted by atomic mass is 9.45. The van der Waals surface area contributed by atoms with E-state index in [1.54, 1.807) is 77.0 Å². The quantitative estimate of drug-likeness (QED) is 0.521. The third kappa shape index (κ3) is 1.61. The van der Waals surface area contributed by atoms with Crippen LogP contribution >= 0.6 is 0 Å². The Morgan fingerprint density at radius 2 is 1.05 bits per heavy atom.